The SMILES string of the molecule is CC(=O)N1CCN([C@@H](C)C(=O)Nc2ccc(F)cc2F)CC1. The summed E-state index contributed by atoms with van der Waals surface area (Å²) in [5.74, 6) is -1.84. The van der Waals surface area contributed by atoms with E-state index in [0.29, 0.717) is 26.2 Å². The van der Waals surface area contributed by atoms with Crippen LogP contribution in [0.1, 0.15) is 13.8 Å². The van der Waals surface area contributed by atoms with Gasteiger partial charge >= 0.3 is 0 Å². The summed E-state index contributed by atoms with van der Waals surface area (Å²) in [5, 5.41) is 2.47. The van der Waals surface area contributed by atoms with E-state index in [4.69, 9.17) is 0 Å². The lowest BCUT2D eigenvalue weighted by Gasteiger charge is -2.37. The minimum atomic E-state index is -0.804. The van der Waals surface area contributed by atoms with Crippen molar-refractivity contribution in [3.05, 3.63) is 29.8 Å². The molecule has 0 saturated carbocycles. The first-order valence-corrected chi connectivity index (χ1v) is 7.14. The molecule has 1 aromatic rings. The molecule has 7 heteroatoms. The first kappa shape index (κ1) is 16.4. The second kappa shape index (κ2) is 6.83. The van der Waals surface area contributed by atoms with Gasteiger partial charge in [0.05, 0.1) is 11.7 Å². The second-order valence-electron chi connectivity index (χ2n) is 5.33. The smallest absolute Gasteiger partial charge is 0.241 e. The molecule has 22 heavy (non-hydrogen) atoms. The zero-order valence-electron chi connectivity index (χ0n) is 12.6. The number of nitrogens with zero attached hydrogens (tertiary/aromatic N) is 2. The zero-order valence-corrected chi connectivity index (χ0v) is 12.6. The Morgan fingerprint density at radius 3 is 2.36 bits per heavy atom. The number of carbonyl (C=O) groups is 2. The summed E-state index contributed by atoms with van der Waals surface area (Å²) in [5.41, 5.74) is -0.0411. The molecule has 0 radical (unpaired) electrons. The monoisotopic (exact) mass is 311 g/mol. The van der Waals surface area contributed by atoms with Gasteiger partial charge in [-0.05, 0) is 19.1 Å². The van der Waals surface area contributed by atoms with Gasteiger partial charge in [0, 0.05) is 39.2 Å². The van der Waals surface area contributed by atoms with Gasteiger partial charge in [-0.3, -0.25) is 14.5 Å². The lowest BCUT2D eigenvalue weighted by molar-refractivity contribution is -0.131. The van der Waals surface area contributed by atoms with E-state index in [9.17, 15) is 18.4 Å². The number of nitrogens with one attached hydrogen (secondary N) is 1. The highest BCUT2D eigenvalue weighted by Gasteiger charge is 2.26. The maximum absolute atomic E-state index is 13.5. The number of benzene rings is 1. The molecule has 0 spiro atoms. The van der Waals surface area contributed by atoms with E-state index in [0.717, 1.165) is 12.1 Å². The lowest BCUT2D eigenvalue weighted by atomic mass is 10.2. The van der Waals surface area contributed by atoms with E-state index in [1.165, 1.54) is 13.0 Å². The van der Waals surface area contributed by atoms with Crippen molar-refractivity contribution in [3.8, 4) is 0 Å². The highest BCUT2D eigenvalue weighted by molar-refractivity contribution is 5.94. The Kier molecular flexibility index (Phi) is 5.07. The Labute approximate surface area is 127 Å². The number of piperazine rings is 1. The van der Waals surface area contributed by atoms with Crippen LogP contribution in [0.3, 0.4) is 0 Å². The highest BCUT2D eigenvalue weighted by Crippen LogP contribution is 2.16. The molecule has 1 N–H and O–H groups in total. The highest BCUT2D eigenvalue weighted by atomic mass is 19.1. The van der Waals surface area contributed by atoms with Crippen molar-refractivity contribution in [1.29, 1.82) is 0 Å². The molecule has 0 unspecified atom stereocenters. The molecule has 1 aliphatic rings. The molecule has 2 amide bonds. The van der Waals surface area contributed by atoms with Gasteiger partial charge in [0.1, 0.15) is 11.6 Å². The van der Waals surface area contributed by atoms with Gasteiger partial charge in [0.25, 0.3) is 0 Å². The predicted octanol–water partition coefficient (Wildman–Crippen LogP) is 1.46. The largest absolute Gasteiger partial charge is 0.340 e. The van der Waals surface area contributed by atoms with Crippen LogP contribution in [0.25, 0.3) is 0 Å². The average Bonchev–Trinajstić information content (AvgIpc) is 2.49. The van der Waals surface area contributed by atoms with Crippen molar-refractivity contribution in [2.24, 2.45) is 0 Å². The summed E-state index contributed by atoms with van der Waals surface area (Å²) in [6.45, 7) is 5.54. The minimum Gasteiger partial charge on any atom is -0.340 e. The van der Waals surface area contributed by atoms with Crippen LogP contribution in [-0.4, -0.2) is 53.8 Å². The van der Waals surface area contributed by atoms with Gasteiger partial charge in [-0.15, -0.1) is 0 Å². The van der Waals surface area contributed by atoms with E-state index >= 15 is 0 Å². The van der Waals surface area contributed by atoms with Crippen LogP contribution >= 0.6 is 0 Å². The van der Waals surface area contributed by atoms with Crippen LogP contribution in [0.5, 0.6) is 0 Å². The Morgan fingerprint density at radius 1 is 1.18 bits per heavy atom. The van der Waals surface area contributed by atoms with Crippen molar-refractivity contribution in [2.45, 2.75) is 19.9 Å². The fourth-order valence-electron chi connectivity index (χ4n) is 2.42. The van der Waals surface area contributed by atoms with E-state index in [2.05, 4.69) is 5.32 Å². The van der Waals surface area contributed by atoms with Crippen molar-refractivity contribution in [2.75, 3.05) is 31.5 Å². The molecule has 1 aromatic carbocycles. The molecule has 1 fully saturated rings. The number of hydrogen-bond acceptors (Lipinski definition) is 3. The fourth-order valence-corrected chi connectivity index (χ4v) is 2.42. The van der Waals surface area contributed by atoms with Crippen LogP contribution in [0, 0.1) is 11.6 Å². The molecule has 1 aliphatic heterocycles. The standard InChI is InChI=1S/C15H19F2N3O2/c1-10(19-5-7-20(8-6-19)11(2)21)15(22)18-14-4-3-12(16)9-13(14)17/h3-4,9-10H,5-8H2,1-2H3,(H,18,22)/t10-/m0/s1. The first-order chi connectivity index (χ1) is 10.4. The van der Waals surface area contributed by atoms with E-state index in [1.807, 2.05) is 4.90 Å². The van der Waals surface area contributed by atoms with Gasteiger partial charge in [0.2, 0.25) is 11.8 Å². The topological polar surface area (TPSA) is 52.7 Å². The van der Waals surface area contributed by atoms with E-state index in [-0.39, 0.29) is 17.5 Å². The average molecular weight is 311 g/mol. The fraction of sp³-hybridized carbons (Fsp3) is 0.467. The number of anilines is 1. The summed E-state index contributed by atoms with van der Waals surface area (Å²) < 4.78 is 26.4. The summed E-state index contributed by atoms with van der Waals surface area (Å²) in [6, 6.07) is 2.56. The van der Waals surface area contributed by atoms with Crippen LogP contribution in [0.4, 0.5) is 14.5 Å². The Hall–Kier alpha value is -2.02. The summed E-state index contributed by atoms with van der Waals surface area (Å²) >= 11 is 0. The molecule has 0 bridgehead atoms. The normalized spacial score (nSPS) is 17.2. The molecule has 0 aromatic heterocycles. The van der Waals surface area contributed by atoms with E-state index in [1.54, 1.807) is 11.8 Å². The van der Waals surface area contributed by atoms with Crippen LogP contribution in [-0.2, 0) is 9.59 Å². The van der Waals surface area contributed by atoms with E-state index < -0.39 is 17.7 Å². The van der Waals surface area contributed by atoms with Crippen LogP contribution < -0.4 is 5.32 Å². The van der Waals surface area contributed by atoms with Crippen molar-refractivity contribution >= 4 is 17.5 Å². The molecule has 2 rings (SSSR count). The Morgan fingerprint density at radius 2 is 1.82 bits per heavy atom. The molecule has 1 heterocycles. The van der Waals surface area contributed by atoms with Crippen LogP contribution in [0.2, 0.25) is 0 Å². The summed E-state index contributed by atoms with van der Waals surface area (Å²) in [4.78, 5) is 27.1. The molecular weight excluding hydrogens is 292 g/mol. The van der Waals surface area contributed by atoms with Crippen molar-refractivity contribution < 1.29 is 18.4 Å². The predicted molar refractivity (Wildman–Crippen MR) is 78.3 cm³/mol. The molecule has 120 valence electrons. The third-order valence-corrected chi connectivity index (χ3v) is 3.88. The lowest BCUT2D eigenvalue weighted by Crippen LogP contribution is -2.53. The molecule has 0 aliphatic carbocycles. The third kappa shape index (κ3) is 3.79. The minimum absolute atomic E-state index is 0.0186. The number of hydrogen-bond donors (Lipinski definition) is 1. The molecule has 1 atom stereocenters. The summed E-state index contributed by atoms with van der Waals surface area (Å²) in [7, 11) is 0. The second-order valence-corrected chi connectivity index (χ2v) is 5.33. The van der Waals surface area contributed by atoms with Crippen molar-refractivity contribution in [3.63, 3.8) is 0 Å². The number of halogens is 2. The van der Waals surface area contributed by atoms with Gasteiger partial charge < -0.3 is 10.2 Å². The van der Waals surface area contributed by atoms with Gasteiger partial charge in [0.15, 0.2) is 0 Å². The summed E-state index contributed by atoms with van der Waals surface area (Å²) in [6.07, 6.45) is 0. The van der Waals surface area contributed by atoms with Gasteiger partial charge in [-0.25, -0.2) is 8.78 Å². The molecule has 1 saturated heterocycles. The Bertz CT molecular complexity index is 572. The maximum atomic E-state index is 13.5. The first-order valence-electron chi connectivity index (χ1n) is 7.14. The zero-order chi connectivity index (χ0) is 16.3. The quantitative estimate of drug-likeness (QED) is 0.919. The Balaban J connectivity index is 1.94. The van der Waals surface area contributed by atoms with Gasteiger partial charge in [-0.1, -0.05) is 0 Å². The van der Waals surface area contributed by atoms with Gasteiger partial charge in [-0.2, -0.15) is 0 Å². The third-order valence-electron chi connectivity index (χ3n) is 3.88. The maximum Gasteiger partial charge on any atom is 0.241 e. The number of amides is 2. The number of rotatable bonds is 3. The molecule has 5 nitrogen and oxygen atoms in total. The number of carbonyl (C=O) groups excluding carboxylic acids is 2. The molecular formula is C15H19F2N3O2. The van der Waals surface area contributed by atoms with Crippen LogP contribution in [0.15, 0.2) is 18.2 Å². The van der Waals surface area contributed by atoms with Crippen molar-refractivity contribution in [1.82, 2.24) is 9.80 Å².